The fourth-order valence-corrected chi connectivity index (χ4v) is 7.29. The zero-order valence-corrected chi connectivity index (χ0v) is 22.1. The topological polar surface area (TPSA) is 64.0 Å². The average Bonchev–Trinajstić information content (AvgIpc) is 2.94. The molecule has 0 aromatic heterocycles. The third kappa shape index (κ3) is 5.04. The van der Waals surface area contributed by atoms with E-state index in [0.29, 0.717) is 17.1 Å². The van der Waals surface area contributed by atoms with E-state index in [1.54, 1.807) is 0 Å². The molecule has 3 aliphatic rings. The number of phenols is 1. The molecule has 2 saturated heterocycles. The Morgan fingerprint density at radius 1 is 0.842 bits per heavy atom. The number of fused-ring (bicyclic) bond motifs is 1. The minimum absolute atomic E-state index is 0.173. The Balaban J connectivity index is 1.18. The first kappa shape index (κ1) is 25.0. The van der Waals surface area contributed by atoms with Gasteiger partial charge in [-0.15, -0.1) is 0 Å². The van der Waals surface area contributed by atoms with Gasteiger partial charge in [0.1, 0.15) is 5.75 Å². The van der Waals surface area contributed by atoms with E-state index >= 15 is 0 Å². The molecular weight excluding hydrogens is 472 g/mol. The molecule has 0 radical (unpaired) electrons. The molecule has 5 heteroatoms. The fourth-order valence-electron chi connectivity index (χ4n) is 7.29. The first-order valence-corrected chi connectivity index (χ1v) is 14.2. The Labute approximate surface area is 225 Å². The minimum Gasteiger partial charge on any atom is -0.508 e. The van der Waals surface area contributed by atoms with Gasteiger partial charge in [0, 0.05) is 24.7 Å². The van der Waals surface area contributed by atoms with Crippen LogP contribution in [0.2, 0.25) is 0 Å². The number of hydrogen-bond donors (Lipinski definition) is 2. The second-order valence-electron chi connectivity index (χ2n) is 11.7. The molecule has 38 heavy (non-hydrogen) atoms. The van der Waals surface area contributed by atoms with Gasteiger partial charge in [-0.25, -0.2) is 0 Å². The van der Waals surface area contributed by atoms with Crippen molar-refractivity contribution in [1.29, 1.82) is 0 Å². The molecule has 0 saturated carbocycles. The lowest BCUT2D eigenvalue weighted by Gasteiger charge is -2.47. The third-order valence-corrected chi connectivity index (χ3v) is 9.53. The Morgan fingerprint density at radius 2 is 1.53 bits per heavy atom. The Kier molecular flexibility index (Phi) is 6.87. The summed E-state index contributed by atoms with van der Waals surface area (Å²) in [6.07, 6.45) is 6.66. The third-order valence-electron chi connectivity index (χ3n) is 9.53. The van der Waals surface area contributed by atoms with Crippen LogP contribution in [0.4, 0.5) is 5.69 Å². The van der Waals surface area contributed by atoms with Crippen LogP contribution in [0, 0.1) is 5.41 Å². The van der Waals surface area contributed by atoms with E-state index in [9.17, 15) is 9.90 Å². The summed E-state index contributed by atoms with van der Waals surface area (Å²) in [7, 11) is 0. The van der Waals surface area contributed by atoms with Crippen molar-refractivity contribution in [2.24, 2.45) is 5.41 Å². The quantitative estimate of drug-likeness (QED) is 0.439. The highest BCUT2D eigenvalue weighted by molar-refractivity contribution is 5.69. The van der Waals surface area contributed by atoms with E-state index in [4.69, 9.17) is 5.11 Å². The van der Waals surface area contributed by atoms with Crippen LogP contribution in [0.3, 0.4) is 0 Å². The molecule has 2 atom stereocenters. The lowest BCUT2D eigenvalue weighted by atomic mass is 9.69. The molecule has 1 spiro atoms. The van der Waals surface area contributed by atoms with Gasteiger partial charge < -0.3 is 15.1 Å². The summed E-state index contributed by atoms with van der Waals surface area (Å²) >= 11 is 0. The summed E-state index contributed by atoms with van der Waals surface area (Å²) in [6.45, 7) is 4.12. The molecule has 0 bridgehead atoms. The van der Waals surface area contributed by atoms with E-state index in [1.807, 2.05) is 12.1 Å². The zero-order valence-electron chi connectivity index (χ0n) is 22.1. The van der Waals surface area contributed by atoms with Crippen LogP contribution in [-0.4, -0.2) is 53.8 Å². The predicted molar refractivity (Wildman–Crippen MR) is 151 cm³/mol. The molecule has 3 aromatic carbocycles. The van der Waals surface area contributed by atoms with Gasteiger partial charge in [0.15, 0.2) is 0 Å². The van der Waals surface area contributed by atoms with E-state index in [-0.39, 0.29) is 12.5 Å². The number of hydrogen-bond acceptors (Lipinski definition) is 4. The highest BCUT2D eigenvalue weighted by Gasteiger charge is 2.38. The molecule has 198 valence electrons. The largest absolute Gasteiger partial charge is 0.508 e. The molecule has 2 fully saturated rings. The molecule has 1 aliphatic carbocycles. The summed E-state index contributed by atoms with van der Waals surface area (Å²) in [5.41, 5.74) is 7.01. The first-order valence-electron chi connectivity index (χ1n) is 14.2. The molecular formula is C33H38N2O3. The van der Waals surface area contributed by atoms with E-state index in [1.165, 1.54) is 40.8 Å². The molecule has 5 nitrogen and oxygen atoms in total. The summed E-state index contributed by atoms with van der Waals surface area (Å²) in [4.78, 5) is 15.7. The standard InChI is InChI=1S/C33H38N2O3/c36-28-11-13-30-26(22-28)8-12-29(24-4-2-1-3-5-24)32(30)25-6-9-27(10-7-25)35-20-16-33(17-21-35)14-18-34(19-15-33)23-31(37)38/h1-7,9-11,13,22,29,32,36H,8,12,14-21,23H2,(H,37,38)/t29-,32?/m1/s1. The summed E-state index contributed by atoms with van der Waals surface area (Å²) in [5.74, 6) is 0.327. The van der Waals surface area contributed by atoms with Crippen LogP contribution < -0.4 is 4.90 Å². The summed E-state index contributed by atoms with van der Waals surface area (Å²) in [5, 5.41) is 19.2. The van der Waals surface area contributed by atoms with Crippen molar-refractivity contribution in [3.8, 4) is 5.75 Å². The van der Waals surface area contributed by atoms with Crippen LogP contribution in [0.25, 0.3) is 0 Å². The van der Waals surface area contributed by atoms with Crippen molar-refractivity contribution in [1.82, 2.24) is 4.90 Å². The maximum atomic E-state index is 11.1. The van der Waals surface area contributed by atoms with Gasteiger partial charge >= 0.3 is 5.97 Å². The van der Waals surface area contributed by atoms with E-state index < -0.39 is 5.97 Å². The number of piperidine rings is 2. The number of benzene rings is 3. The zero-order chi connectivity index (χ0) is 26.1. The SMILES string of the molecule is O=C(O)CN1CCC2(CC1)CCN(c1ccc(C3c4ccc(O)cc4CC[C@@H]3c3ccccc3)cc1)CC2. The van der Waals surface area contributed by atoms with Gasteiger partial charge in [-0.2, -0.15) is 0 Å². The van der Waals surface area contributed by atoms with Crippen LogP contribution >= 0.6 is 0 Å². The lowest BCUT2D eigenvalue weighted by Crippen LogP contribution is -2.47. The highest BCUT2D eigenvalue weighted by atomic mass is 16.4. The van der Waals surface area contributed by atoms with Crippen LogP contribution in [-0.2, 0) is 11.2 Å². The molecule has 1 unspecified atom stereocenters. The number of likely N-dealkylation sites (tertiary alicyclic amines) is 1. The Hall–Kier alpha value is -3.31. The van der Waals surface area contributed by atoms with Gasteiger partial charge in [-0.3, -0.25) is 9.69 Å². The van der Waals surface area contributed by atoms with Crippen molar-refractivity contribution < 1.29 is 15.0 Å². The molecule has 0 amide bonds. The lowest BCUT2D eigenvalue weighted by molar-refractivity contribution is -0.139. The van der Waals surface area contributed by atoms with Crippen molar-refractivity contribution in [3.63, 3.8) is 0 Å². The van der Waals surface area contributed by atoms with Gasteiger partial charge in [0.2, 0.25) is 0 Å². The molecule has 2 heterocycles. The summed E-state index contributed by atoms with van der Waals surface area (Å²) in [6, 6.07) is 26.1. The average molecular weight is 511 g/mol. The number of carboxylic acid groups (broad SMARTS) is 1. The normalized spacial score (nSPS) is 23.2. The fraction of sp³-hybridized carbons (Fsp3) is 0.424. The van der Waals surface area contributed by atoms with E-state index in [2.05, 4.69) is 70.5 Å². The molecule has 6 rings (SSSR count). The highest BCUT2D eigenvalue weighted by Crippen LogP contribution is 2.47. The molecule has 2 aliphatic heterocycles. The van der Waals surface area contributed by atoms with Gasteiger partial charge in [0.25, 0.3) is 0 Å². The van der Waals surface area contributed by atoms with Crippen LogP contribution in [0.15, 0.2) is 72.8 Å². The molecule has 3 aromatic rings. The maximum absolute atomic E-state index is 11.1. The number of carbonyl (C=O) groups is 1. The van der Waals surface area contributed by atoms with Gasteiger partial charge in [-0.05, 0) is 109 Å². The second-order valence-corrected chi connectivity index (χ2v) is 11.7. The number of nitrogens with zero attached hydrogens (tertiary/aromatic N) is 2. The number of phenolic OH excluding ortho intramolecular Hbond substituents is 1. The number of rotatable bonds is 5. The van der Waals surface area contributed by atoms with Crippen molar-refractivity contribution in [3.05, 3.63) is 95.1 Å². The number of aromatic hydroxyl groups is 1. The predicted octanol–water partition coefficient (Wildman–Crippen LogP) is 6.02. The van der Waals surface area contributed by atoms with Gasteiger partial charge in [0.05, 0.1) is 6.54 Å². The second kappa shape index (κ2) is 10.5. The number of anilines is 1. The van der Waals surface area contributed by atoms with E-state index in [0.717, 1.165) is 51.9 Å². The van der Waals surface area contributed by atoms with Crippen LogP contribution in [0.5, 0.6) is 5.75 Å². The smallest absolute Gasteiger partial charge is 0.317 e. The monoisotopic (exact) mass is 510 g/mol. The summed E-state index contributed by atoms with van der Waals surface area (Å²) < 4.78 is 0. The minimum atomic E-state index is -0.718. The van der Waals surface area contributed by atoms with Crippen molar-refractivity contribution in [2.45, 2.75) is 50.4 Å². The van der Waals surface area contributed by atoms with Crippen molar-refractivity contribution >= 4 is 11.7 Å². The Morgan fingerprint density at radius 3 is 2.21 bits per heavy atom. The Bertz CT molecular complexity index is 1260. The van der Waals surface area contributed by atoms with Crippen LogP contribution in [0.1, 0.15) is 66.2 Å². The van der Waals surface area contributed by atoms with Gasteiger partial charge in [-0.1, -0.05) is 48.5 Å². The van der Waals surface area contributed by atoms with Crippen molar-refractivity contribution in [2.75, 3.05) is 37.6 Å². The number of carboxylic acids is 1. The number of aryl methyl sites for hydroxylation is 1. The maximum Gasteiger partial charge on any atom is 0.317 e. The first-order chi connectivity index (χ1) is 18.5. The number of aliphatic carboxylic acids is 1. The molecule has 2 N–H and O–H groups in total.